The van der Waals surface area contributed by atoms with E-state index in [-0.39, 0.29) is 0 Å². The van der Waals surface area contributed by atoms with E-state index in [1.165, 1.54) is 0 Å². The van der Waals surface area contributed by atoms with Crippen LogP contribution in [0.3, 0.4) is 0 Å². The third-order valence-corrected chi connectivity index (χ3v) is 1.77. The van der Waals surface area contributed by atoms with Gasteiger partial charge in [-0.2, -0.15) is 0 Å². The normalized spacial score (nSPS) is 14.7. The molecule has 0 aromatic carbocycles. The van der Waals surface area contributed by atoms with Crippen molar-refractivity contribution in [1.29, 1.82) is 0 Å². The van der Waals surface area contributed by atoms with Gasteiger partial charge in [-0.15, -0.1) is 0 Å². The van der Waals surface area contributed by atoms with Crippen molar-refractivity contribution in [3.05, 3.63) is 0 Å². The van der Waals surface area contributed by atoms with Crippen molar-refractivity contribution >= 4 is 5.84 Å². The Bertz CT molecular complexity index is 119. The number of nitrogens with one attached hydrogen (secondary N) is 1. The van der Waals surface area contributed by atoms with Gasteiger partial charge in [0.25, 0.3) is 0 Å². The standard InChI is InChI=1S/C9H20N2/c1-5-8(4)9(10-6-2)11-7-3/h8H,5-7H2,1-4H3,(H,10,11). The van der Waals surface area contributed by atoms with E-state index >= 15 is 0 Å². The smallest absolute Gasteiger partial charge is 0.0991 e. The molecule has 0 rings (SSSR count). The van der Waals surface area contributed by atoms with Crippen LogP contribution in [-0.2, 0) is 0 Å². The van der Waals surface area contributed by atoms with Crippen LogP contribution < -0.4 is 5.32 Å². The highest BCUT2D eigenvalue weighted by atomic mass is 15.0. The molecule has 0 aromatic heterocycles. The summed E-state index contributed by atoms with van der Waals surface area (Å²) in [6, 6.07) is 0. The first-order chi connectivity index (χ1) is 5.26. The molecular formula is C9H20N2. The Morgan fingerprint density at radius 3 is 2.36 bits per heavy atom. The Balaban J connectivity index is 3.97. The van der Waals surface area contributed by atoms with Crippen molar-refractivity contribution in [3.63, 3.8) is 0 Å². The Kier molecular flexibility index (Phi) is 5.90. The molecular weight excluding hydrogens is 136 g/mol. The van der Waals surface area contributed by atoms with Crippen LogP contribution in [0.5, 0.6) is 0 Å². The second-order valence-corrected chi connectivity index (χ2v) is 2.70. The van der Waals surface area contributed by atoms with Gasteiger partial charge in [-0.1, -0.05) is 13.8 Å². The summed E-state index contributed by atoms with van der Waals surface area (Å²) < 4.78 is 0. The minimum atomic E-state index is 0.579. The number of hydrogen-bond acceptors (Lipinski definition) is 1. The Morgan fingerprint density at radius 2 is 2.00 bits per heavy atom. The molecule has 0 amide bonds. The van der Waals surface area contributed by atoms with Crippen molar-refractivity contribution in [2.45, 2.75) is 34.1 Å². The fourth-order valence-corrected chi connectivity index (χ4v) is 0.931. The summed E-state index contributed by atoms with van der Waals surface area (Å²) in [5.74, 6) is 1.74. The Morgan fingerprint density at radius 1 is 1.36 bits per heavy atom. The van der Waals surface area contributed by atoms with E-state index < -0.39 is 0 Å². The average molecular weight is 156 g/mol. The minimum Gasteiger partial charge on any atom is -0.374 e. The second kappa shape index (κ2) is 6.20. The predicted octanol–water partition coefficient (Wildman–Crippen LogP) is 2.06. The molecule has 2 heteroatoms. The van der Waals surface area contributed by atoms with Crippen LogP contribution in [0.2, 0.25) is 0 Å². The molecule has 0 aromatic rings. The molecule has 0 heterocycles. The van der Waals surface area contributed by atoms with Gasteiger partial charge in [0, 0.05) is 19.0 Å². The summed E-state index contributed by atoms with van der Waals surface area (Å²) in [4.78, 5) is 4.39. The van der Waals surface area contributed by atoms with Crippen molar-refractivity contribution in [1.82, 2.24) is 5.32 Å². The zero-order chi connectivity index (χ0) is 8.69. The lowest BCUT2D eigenvalue weighted by molar-refractivity contribution is 0.698. The summed E-state index contributed by atoms with van der Waals surface area (Å²) in [5.41, 5.74) is 0. The van der Waals surface area contributed by atoms with Crippen LogP contribution in [0.25, 0.3) is 0 Å². The van der Waals surface area contributed by atoms with Gasteiger partial charge >= 0.3 is 0 Å². The van der Waals surface area contributed by atoms with E-state index in [1.807, 2.05) is 0 Å². The van der Waals surface area contributed by atoms with Crippen LogP contribution in [0, 0.1) is 5.92 Å². The molecule has 0 aliphatic heterocycles. The first kappa shape index (κ1) is 10.5. The Hall–Kier alpha value is -0.530. The topological polar surface area (TPSA) is 24.4 Å². The molecule has 2 nitrogen and oxygen atoms in total. The summed E-state index contributed by atoms with van der Waals surface area (Å²) in [7, 11) is 0. The molecule has 0 saturated heterocycles. The van der Waals surface area contributed by atoms with Gasteiger partial charge in [0.1, 0.15) is 0 Å². The van der Waals surface area contributed by atoms with Crippen molar-refractivity contribution < 1.29 is 0 Å². The SMILES string of the molecule is CCN=C(NCC)C(C)CC. The Labute approximate surface area is 70.1 Å². The van der Waals surface area contributed by atoms with Crippen LogP contribution in [0.4, 0.5) is 0 Å². The maximum atomic E-state index is 4.39. The molecule has 11 heavy (non-hydrogen) atoms. The first-order valence-corrected chi connectivity index (χ1v) is 4.54. The molecule has 0 aliphatic carbocycles. The van der Waals surface area contributed by atoms with Crippen molar-refractivity contribution in [2.24, 2.45) is 10.9 Å². The number of hydrogen-bond donors (Lipinski definition) is 1. The van der Waals surface area contributed by atoms with Gasteiger partial charge in [0.15, 0.2) is 0 Å². The van der Waals surface area contributed by atoms with E-state index in [1.54, 1.807) is 0 Å². The quantitative estimate of drug-likeness (QED) is 0.489. The van der Waals surface area contributed by atoms with E-state index in [9.17, 15) is 0 Å². The fraction of sp³-hybridized carbons (Fsp3) is 0.889. The lowest BCUT2D eigenvalue weighted by atomic mass is 10.1. The zero-order valence-corrected chi connectivity index (χ0v) is 8.15. The van der Waals surface area contributed by atoms with Crippen LogP contribution in [0.15, 0.2) is 4.99 Å². The van der Waals surface area contributed by atoms with E-state index in [0.717, 1.165) is 25.3 Å². The summed E-state index contributed by atoms with van der Waals surface area (Å²) in [6.45, 7) is 10.4. The van der Waals surface area contributed by atoms with Gasteiger partial charge in [-0.3, -0.25) is 4.99 Å². The van der Waals surface area contributed by atoms with E-state index in [4.69, 9.17) is 0 Å². The molecule has 66 valence electrons. The predicted molar refractivity (Wildman–Crippen MR) is 51.1 cm³/mol. The van der Waals surface area contributed by atoms with Gasteiger partial charge < -0.3 is 5.32 Å². The third-order valence-electron chi connectivity index (χ3n) is 1.77. The van der Waals surface area contributed by atoms with Crippen LogP contribution in [0.1, 0.15) is 34.1 Å². The minimum absolute atomic E-state index is 0.579. The second-order valence-electron chi connectivity index (χ2n) is 2.70. The summed E-state index contributed by atoms with van der Waals surface area (Å²) in [5, 5.41) is 3.28. The molecule has 0 aliphatic rings. The maximum Gasteiger partial charge on any atom is 0.0991 e. The highest BCUT2D eigenvalue weighted by molar-refractivity contribution is 5.84. The van der Waals surface area contributed by atoms with Gasteiger partial charge in [-0.25, -0.2) is 0 Å². The van der Waals surface area contributed by atoms with Gasteiger partial charge in [0.2, 0.25) is 0 Å². The van der Waals surface area contributed by atoms with E-state index in [0.29, 0.717) is 5.92 Å². The molecule has 0 fully saturated rings. The highest BCUT2D eigenvalue weighted by Gasteiger charge is 2.05. The molecule has 0 radical (unpaired) electrons. The molecule has 1 atom stereocenters. The van der Waals surface area contributed by atoms with Crippen molar-refractivity contribution in [3.8, 4) is 0 Å². The number of aliphatic imine (C=N–C) groups is 1. The molecule has 1 N–H and O–H groups in total. The summed E-state index contributed by atoms with van der Waals surface area (Å²) >= 11 is 0. The summed E-state index contributed by atoms with van der Waals surface area (Å²) in [6.07, 6.45) is 1.16. The van der Waals surface area contributed by atoms with Crippen LogP contribution in [-0.4, -0.2) is 18.9 Å². The third kappa shape index (κ3) is 4.02. The molecule has 0 saturated carbocycles. The van der Waals surface area contributed by atoms with Gasteiger partial charge in [-0.05, 0) is 20.3 Å². The lowest BCUT2D eigenvalue weighted by Crippen LogP contribution is -2.29. The van der Waals surface area contributed by atoms with Gasteiger partial charge in [0.05, 0.1) is 5.84 Å². The number of rotatable bonds is 4. The largest absolute Gasteiger partial charge is 0.374 e. The molecule has 1 unspecified atom stereocenters. The van der Waals surface area contributed by atoms with Crippen LogP contribution >= 0.6 is 0 Å². The van der Waals surface area contributed by atoms with E-state index in [2.05, 4.69) is 38.0 Å². The zero-order valence-electron chi connectivity index (χ0n) is 8.15. The average Bonchev–Trinajstić information content (AvgIpc) is 2.03. The van der Waals surface area contributed by atoms with Crippen molar-refractivity contribution in [2.75, 3.05) is 13.1 Å². The maximum absolute atomic E-state index is 4.39. The lowest BCUT2D eigenvalue weighted by Gasteiger charge is -2.13. The number of amidine groups is 1. The molecule has 0 bridgehead atoms. The first-order valence-electron chi connectivity index (χ1n) is 4.54. The fourth-order valence-electron chi connectivity index (χ4n) is 0.931. The monoisotopic (exact) mass is 156 g/mol. The number of nitrogens with zero attached hydrogens (tertiary/aromatic N) is 1. The molecule has 0 spiro atoms. The highest BCUT2D eigenvalue weighted by Crippen LogP contribution is 2.01.